The molecule has 1 aromatic rings. The van der Waals surface area contributed by atoms with Crippen molar-refractivity contribution in [3.63, 3.8) is 0 Å². The average molecular weight is 542 g/mol. The number of hydrogen-bond donors (Lipinski definition) is 2. The molecule has 2 aliphatic rings. The molecule has 3 rings (SSSR count). The quantitative estimate of drug-likeness (QED) is 0.382. The van der Waals surface area contributed by atoms with E-state index >= 15 is 0 Å². The molecule has 2 fully saturated rings. The van der Waals surface area contributed by atoms with Gasteiger partial charge in [-0.3, -0.25) is 19.4 Å². The van der Waals surface area contributed by atoms with Crippen LogP contribution in [0.4, 0.5) is 0 Å². The maximum absolute atomic E-state index is 14.0. The van der Waals surface area contributed by atoms with E-state index < -0.39 is 41.3 Å². The van der Waals surface area contributed by atoms with Gasteiger partial charge < -0.3 is 20.3 Å². The van der Waals surface area contributed by atoms with Crippen LogP contribution in [0.15, 0.2) is 30.2 Å². The molecular formula is C29H43N5O5. The van der Waals surface area contributed by atoms with E-state index in [-0.39, 0.29) is 23.4 Å². The van der Waals surface area contributed by atoms with Crippen molar-refractivity contribution in [2.75, 3.05) is 13.7 Å². The Labute approximate surface area is 231 Å². The van der Waals surface area contributed by atoms with E-state index in [4.69, 9.17) is 4.74 Å². The summed E-state index contributed by atoms with van der Waals surface area (Å²) >= 11 is 0. The van der Waals surface area contributed by atoms with Gasteiger partial charge in [-0.1, -0.05) is 51.7 Å². The van der Waals surface area contributed by atoms with Gasteiger partial charge in [-0.05, 0) is 50.4 Å². The van der Waals surface area contributed by atoms with Crippen LogP contribution in [0, 0.1) is 17.3 Å². The molecular weight excluding hydrogens is 498 g/mol. The first-order chi connectivity index (χ1) is 18.4. The van der Waals surface area contributed by atoms with Crippen molar-refractivity contribution in [2.24, 2.45) is 17.3 Å². The summed E-state index contributed by atoms with van der Waals surface area (Å²) in [5.41, 5.74) is 0.569. The zero-order valence-electron chi connectivity index (χ0n) is 24.0. The lowest BCUT2D eigenvalue weighted by Gasteiger charge is -2.37. The smallest absolute Gasteiger partial charge is 0.328 e. The number of methoxy groups -OCH3 is 1. The van der Waals surface area contributed by atoms with E-state index in [1.54, 1.807) is 4.90 Å². The number of aromatic nitrogens is 2. The van der Waals surface area contributed by atoms with Crippen molar-refractivity contribution in [3.8, 4) is 0 Å². The first-order valence-electron chi connectivity index (χ1n) is 13.8. The number of hydrogen-bond acceptors (Lipinski definition) is 7. The molecule has 0 unspecified atom stereocenters. The molecule has 1 aliphatic heterocycles. The summed E-state index contributed by atoms with van der Waals surface area (Å²) < 4.78 is 5.02. The normalized spacial score (nSPS) is 21.4. The summed E-state index contributed by atoms with van der Waals surface area (Å²) in [6.45, 7) is 9.95. The molecule has 0 aromatic carbocycles. The highest BCUT2D eigenvalue weighted by Gasteiger charge is 2.45. The number of ether oxygens (including phenoxy) is 1. The Morgan fingerprint density at radius 3 is 2.33 bits per heavy atom. The third-order valence-electron chi connectivity index (χ3n) is 7.54. The summed E-state index contributed by atoms with van der Waals surface area (Å²) in [6.07, 6.45) is 11.4. The van der Waals surface area contributed by atoms with Crippen LogP contribution in [0.2, 0.25) is 0 Å². The number of amides is 3. The van der Waals surface area contributed by atoms with E-state index in [0.29, 0.717) is 13.0 Å². The molecule has 10 heteroatoms. The van der Waals surface area contributed by atoms with Gasteiger partial charge in [-0.15, -0.1) is 0 Å². The molecule has 1 saturated heterocycles. The van der Waals surface area contributed by atoms with Crippen LogP contribution in [0.1, 0.15) is 83.6 Å². The standard InChI is InChI=1S/C29H43N5O5/c1-18(2)14-19-15-22(28(38)39-6)34(17-19)27(37)24(29(3,4)5)33-26(36)23(20-10-8-7-9-11-20)32-25(35)21-16-30-12-13-31-21/h12-14,16,19-20,22-24H,7-11,15,17H2,1-6H3,(H,32,35)(H,33,36)/t19-,22+,23+,24-/m1/s1. The van der Waals surface area contributed by atoms with Gasteiger partial charge in [0.05, 0.1) is 13.3 Å². The van der Waals surface area contributed by atoms with Crippen LogP contribution < -0.4 is 10.6 Å². The number of carbonyl (C=O) groups is 4. The predicted molar refractivity (Wildman–Crippen MR) is 146 cm³/mol. The lowest BCUT2D eigenvalue weighted by atomic mass is 9.82. The highest BCUT2D eigenvalue weighted by Crippen LogP contribution is 2.31. The zero-order valence-corrected chi connectivity index (χ0v) is 24.0. The first-order valence-corrected chi connectivity index (χ1v) is 13.8. The number of rotatable bonds is 8. The monoisotopic (exact) mass is 541 g/mol. The second-order valence-corrected chi connectivity index (χ2v) is 12.0. The van der Waals surface area contributed by atoms with Crippen LogP contribution in [-0.2, 0) is 19.1 Å². The SMILES string of the molecule is COC(=O)[C@@H]1C[C@@H](C=C(C)C)CN1C(=O)[C@@H](NC(=O)[C@@H](NC(=O)c1cnccn1)C1CCCCC1)C(C)(C)C. The molecule has 1 aromatic heterocycles. The number of esters is 1. The van der Waals surface area contributed by atoms with E-state index in [1.165, 1.54) is 25.7 Å². The Morgan fingerprint density at radius 1 is 1.08 bits per heavy atom. The molecule has 39 heavy (non-hydrogen) atoms. The van der Waals surface area contributed by atoms with E-state index in [1.807, 2.05) is 34.6 Å². The van der Waals surface area contributed by atoms with Crippen LogP contribution in [-0.4, -0.2) is 70.3 Å². The summed E-state index contributed by atoms with van der Waals surface area (Å²) in [4.78, 5) is 63.0. The highest BCUT2D eigenvalue weighted by molar-refractivity contribution is 5.97. The van der Waals surface area contributed by atoms with Gasteiger partial charge in [0.1, 0.15) is 23.8 Å². The zero-order chi connectivity index (χ0) is 28.7. The summed E-state index contributed by atoms with van der Waals surface area (Å²) in [7, 11) is 1.32. The molecule has 1 aliphatic carbocycles. The Hall–Kier alpha value is -3.30. The molecule has 4 atom stereocenters. The Morgan fingerprint density at radius 2 is 1.77 bits per heavy atom. The van der Waals surface area contributed by atoms with Crippen LogP contribution >= 0.6 is 0 Å². The fraction of sp³-hybridized carbons (Fsp3) is 0.655. The minimum atomic E-state index is -0.915. The Bertz CT molecular complexity index is 1060. The lowest BCUT2D eigenvalue weighted by Crippen LogP contribution is -2.61. The van der Waals surface area contributed by atoms with Crippen molar-refractivity contribution < 1.29 is 23.9 Å². The number of allylic oxidation sites excluding steroid dienone is 1. The summed E-state index contributed by atoms with van der Waals surface area (Å²) in [5.74, 6) is -1.75. The van der Waals surface area contributed by atoms with Gasteiger partial charge in [0.15, 0.2) is 0 Å². The second kappa shape index (κ2) is 13.2. The molecule has 214 valence electrons. The average Bonchev–Trinajstić information content (AvgIpc) is 3.32. The molecule has 10 nitrogen and oxygen atoms in total. The number of nitrogens with one attached hydrogen (secondary N) is 2. The molecule has 3 amide bonds. The number of likely N-dealkylation sites (tertiary alicyclic amines) is 1. The molecule has 0 bridgehead atoms. The van der Waals surface area contributed by atoms with Crippen molar-refractivity contribution in [1.29, 1.82) is 0 Å². The van der Waals surface area contributed by atoms with Gasteiger partial charge >= 0.3 is 5.97 Å². The molecule has 1 saturated carbocycles. The number of nitrogens with zero attached hydrogens (tertiary/aromatic N) is 3. The fourth-order valence-electron chi connectivity index (χ4n) is 5.61. The lowest BCUT2D eigenvalue weighted by molar-refractivity contribution is -0.153. The van der Waals surface area contributed by atoms with Crippen molar-refractivity contribution in [2.45, 2.75) is 91.3 Å². The topological polar surface area (TPSA) is 131 Å². The van der Waals surface area contributed by atoms with Crippen LogP contribution in [0.5, 0.6) is 0 Å². The highest BCUT2D eigenvalue weighted by atomic mass is 16.5. The van der Waals surface area contributed by atoms with Gasteiger partial charge in [-0.2, -0.15) is 0 Å². The van der Waals surface area contributed by atoms with Gasteiger partial charge in [0.2, 0.25) is 11.8 Å². The Balaban J connectivity index is 1.86. The van der Waals surface area contributed by atoms with Crippen molar-refractivity contribution in [1.82, 2.24) is 25.5 Å². The van der Waals surface area contributed by atoms with Gasteiger partial charge in [-0.25, -0.2) is 9.78 Å². The van der Waals surface area contributed by atoms with E-state index in [0.717, 1.165) is 37.7 Å². The molecule has 2 N–H and O–H groups in total. The van der Waals surface area contributed by atoms with Crippen molar-refractivity contribution >= 4 is 23.7 Å². The van der Waals surface area contributed by atoms with Crippen LogP contribution in [0.25, 0.3) is 0 Å². The predicted octanol–water partition coefficient (Wildman–Crippen LogP) is 3.04. The molecule has 2 heterocycles. The van der Waals surface area contributed by atoms with E-state index in [2.05, 4.69) is 26.7 Å². The largest absolute Gasteiger partial charge is 0.467 e. The Kier molecular flexibility index (Phi) is 10.2. The minimum Gasteiger partial charge on any atom is -0.467 e. The minimum absolute atomic E-state index is 0.0145. The third kappa shape index (κ3) is 7.86. The van der Waals surface area contributed by atoms with Crippen molar-refractivity contribution in [3.05, 3.63) is 35.9 Å². The number of carbonyl (C=O) groups excluding carboxylic acids is 4. The fourth-order valence-corrected chi connectivity index (χ4v) is 5.61. The third-order valence-corrected chi connectivity index (χ3v) is 7.54. The van der Waals surface area contributed by atoms with Crippen LogP contribution in [0.3, 0.4) is 0 Å². The van der Waals surface area contributed by atoms with E-state index in [9.17, 15) is 19.2 Å². The maximum atomic E-state index is 14.0. The molecule has 0 radical (unpaired) electrons. The first kappa shape index (κ1) is 30.2. The second-order valence-electron chi connectivity index (χ2n) is 12.0. The summed E-state index contributed by atoms with van der Waals surface area (Å²) in [6, 6.07) is -2.47. The van der Waals surface area contributed by atoms with Gasteiger partial charge in [0.25, 0.3) is 5.91 Å². The maximum Gasteiger partial charge on any atom is 0.328 e. The molecule has 0 spiro atoms. The summed E-state index contributed by atoms with van der Waals surface area (Å²) in [5, 5.41) is 5.85. The van der Waals surface area contributed by atoms with Gasteiger partial charge in [0, 0.05) is 18.9 Å².